The zero-order valence-electron chi connectivity index (χ0n) is 10.6. The van der Waals surface area contributed by atoms with Crippen molar-refractivity contribution in [2.24, 2.45) is 0 Å². The van der Waals surface area contributed by atoms with Crippen LogP contribution in [0.3, 0.4) is 0 Å². The Balaban J connectivity index is 2.01. The fraction of sp³-hybridized carbons (Fsp3) is 0.118. The normalized spacial score (nSPS) is 13.3. The molecule has 1 aliphatic carbocycles. The average Bonchev–Trinajstić information content (AvgIpc) is 3.00. The minimum Gasteiger partial charge on any atom is -0.248 e. The highest BCUT2D eigenvalue weighted by Gasteiger charge is 2.30. The van der Waals surface area contributed by atoms with Gasteiger partial charge in [-0.15, -0.1) is 11.3 Å². The van der Waals surface area contributed by atoms with Gasteiger partial charge in [-0.2, -0.15) is 0 Å². The van der Waals surface area contributed by atoms with Crippen molar-refractivity contribution in [1.82, 2.24) is 4.98 Å². The SMILES string of the molecule is Cc1cnc(C2c3ccccc3-c3ccccc32)s1. The van der Waals surface area contributed by atoms with Gasteiger partial charge in [0.2, 0.25) is 0 Å². The largest absolute Gasteiger partial charge is 0.248 e. The summed E-state index contributed by atoms with van der Waals surface area (Å²) in [4.78, 5) is 5.89. The molecule has 0 bridgehead atoms. The molecule has 0 radical (unpaired) electrons. The molecule has 0 N–H and O–H groups in total. The molecule has 0 saturated heterocycles. The van der Waals surface area contributed by atoms with E-state index in [2.05, 4.69) is 60.4 Å². The fourth-order valence-corrected chi connectivity index (χ4v) is 3.84. The van der Waals surface area contributed by atoms with E-state index in [9.17, 15) is 0 Å². The molecule has 0 fully saturated rings. The van der Waals surface area contributed by atoms with E-state index >= 15 is 0 Å². The number of hydrogen-bond acceptors (Lipinski definition) is 2. The fourth-order valence-electron chi connectivity index (χ4n) is 2.93. The second-order valence-electron chi connectivity index (χ2n) is 4.92. The molecular weight excluding hydrogens is 250 g/mol. The number of rotatable bonds is 1. The third-order valence-electron chi connectivity index (χ3n) is 3.72. The zero-order valence-corrected chi connectivity index (χ0v) is 11.4. The molecule has 2 aromatic carbocycles. The molecular formula is C17H13NS. The standard InChI is InChI=1S/C17H13NS/c1-11-10-18-17(19-11)16-14-8-4-2-6-12(14)13-7-3-5-9-15(13)16/h2-10,16H,1H3. The number of nitrogens with zero attached hydrogens (tertiary/aromatic N) is 1. The van der Waals surface area contributed by atoms with Crippen molar-refractivity contribution < 1.29 is 0 Å². The molecule has 0 saturated carbocycles. The van der Waals surface area contributed by atoms with E-state index in [0.717, 1.165) is 0 Å². The monoisotopic (exact) mass is 263 g/mol. The highest BCUT2D eigenvalue weighted by molar-refractivity contribution is 7.11. The zero-order chi connectivity index (χ0) is 12.8. The van der Waals surface area contributed by atoms with Gasteiger partial charge in [0.15, 0.2) is 0 Å². The molecule has 0 aliphatic heterocycles. The van der Waals surface area contributed by atoms with Gasteiger partial charge in [-0.25, -0.2) is 4.98 Å². The Bertz CT molecular complexity index is 712. The Morgan fingerprint density at radius 3 is 2.00 bits per heavy atom. The van der Waals surface area contributed by atoms with Gasteiger partial charge in [-0.05, 0) is 29.2 Å². The Morgan fingerprint density at radius 1 is 0.895 bits per heavy atom. The lowest BCUT2D eigenvalue weighted by molar-refractivity contribution is 0.988. The van der Waals surface area contributed by atoms with Crippen molar-refractivity contribution in [3.63, 3.8) is 0 Å². The summed E-state index contributed by atoms with van der Waals surface area (Å²) >= 11 is 1.80. The maximum absolute atomic E-state index is 4.61. The van der Waals surface area contributed by atoms with Gasteiger partial charge in [0, 0.05) is 11.1 Å². The Labute approximate surface area is 116 Å². The van der Waals surface area contributed by atoms with E-state index in [4.69, 9.17) is 0 Å². The van der Waals surface area contributed by atoms with Gasteiger partial charge in [-0.1, -0.05) is 48.5 Å². The number of hydrogen-bond donors (Lipinski definition) is 0. The molecule has 0 amide bonds. The highest BCUT2D eigenvalue weighted by Crippen LogP contribution is 2.48. The van der Waals surface area contributed by atoms with Crippen LogP contribution in [0.1, 0.15) is 26.9 Å². The van der Waals surface area contributed by atoms with E-state index in [1.165, 1.54) is 32.1 Å². The topological polar surface area (TPSA) is 12.9 Å². The maximum Gasteiger partial charge on any atom is 0.105 e. The van der Waals surface area contributed by atoms with Gasteiger partial charge in [0.05, 0.1) is 5.92 Å². The highest BCUT2D eigenvalue weighted by atomic mass is 32.1. The second kappa shape index (κ2) is 4.04. The molecule has 1 heterocycles. The third-order valence-corrected chi connectivity index (χ3v) is 4.70. The van der Waals surface area contributed by atoms with Crippen LogP contribution in [0.5, 0.6) is 0 Å². The summed E-state index contributed by atoms with van der Waals surface area (Å²) in [5, 5.41) is 1.20. The van der Waals surface area contributed by atoms with Crippen LogP contribution in [0.25, 0.3) is 11.1 Å². The Kier molecular flexibility index (Phi) is 2.32. The first kappa shape index (κ1) is 10.9. The molecule has 2 heteroatoms. The molecule has 19 heavy (non-hydrogen) atoms. The Hall–Kier alpha value is -1.93. The van der Waals surface area contributed by atoms with Crippen LogP contribution in [0.4, 0.5) is 0 Å². The van der Waals surface area contributed by atoms with Crippen molar-refractivity contribution in [1.29, 1.82) is 0 Å². The molecule has 4 rings (SSSR count). The number of benzene rings is 2. The lowest BCUT2D eigenvalue weighted by Crippen LogP contribution is -1.97. The minimum atomic E-state index is 0.311. The maximum atomic E-state index is 4.61. The van der Waals surface area contributed by atoms with Gasteiger partial charge in [0.1, 0.15) is 5.01 Å². The molecule has 0 atom stereocenters. The van der Waals surface area contributed by atoms with Crippen LogP contribution < -0.4 is 0 Å². The van der Waals surface area contributed by atoms with Crippen molar-refractivity contribution in [3.8, 4) is 11.1 Å². The number of aryl methyl sites for hydroxylation is 1. The predicted octanol–water partition coefficient (Wildman–Crippen LogP) is 4.61. The lowest BCUT2D eigenvalue weighted by Gasteiger charge is -2.09. The van der Waals surface area contributed by atoms with Gasteiger partial charge >= 0.3 is 0 Å². The summed E-state index contributed by atoms with van der Waals surface area (Å²) in [6.07, 6.45) is 1.98. The average molecular weight is 263 g/mol. The predicted molar refractivity (Wildman–Crippen MR) is 79.7 cm³/mol. The molecule has 1 aliphatic rings. The van der Waals surface area contributed by atoms with Crippen LogP contribution >= 0.6 is 11.3 Å². The lowest BCUT2D eigenvalue weighted by atomic mass is 9.98. The van der Waals surface area contributed by atoms with Crippen molar-refractivity contribution in [2.75, 3.05) is 0 Å². The summed E-state index contributed by atoms with van der Waals surface area (Å²) in [5.74, 6) is 0.311. The summed E-state index contributed by atoms with van der Waals surface area (Å²) in [6, 6.07) is 17.4. The Morgan fingerprint density at radius 2 is 1.47 bits per heavy atom. The van der Waals surface area contributed by atoms with Crippen molar-refractivity contribution in [2.45, 2.75) is 12.8 Å². The first-order valence-corrected chi connectivity index (χ1v) is 7.27. The summed E-state index contributed by atoms with van der Waals surface area (Å²) < 4.78 is 0. The number of thiazole rings is 1. The molecule has 92 valence electrons. The van der Waals surface area contributed by atoms with Crippen molar-refractivity contribution >= 4 is 11.3 Å². The summed E-state index contributed by atoms with van der Waals surface area (Å²) in [6.45, 7) is 2.12. The van der Waals surface area contributed by atoms with E-state index in [-0.39, 0.29) is 0 Å². The quantitative estimate of drug-likeness (QED) is 0.488. The second-order valence-corrected chi connectivity index (χ2v) is 6.18. The first-order valence-electron chi connectivity index (χ1n) is 6.45. The first-order chi connectivity index (χ1) is 9.34. The van der Waals surface area contributed by atoms with Gasteiger partial charge in [0.25, 0.3) is 0 Å². The van der Waals surface area contributed by atoms with E-state index in [1.54, 1.807) is 11.3 Å². The van der Waals surface area contributed by atoms with E-state index < -0.39 is 0 Å². The van der Waals surface area contributed by atoms with Crippen LogP contribution in [-0.4, -0.2) is 4.98 Å². The minimum absolute atomic E-state index is 0.311. The number of aromatic nitrogens is 1. The van der Waals surface area contributed by atoms with Crippen LogP contribution in [-0.2, 0) is 0 Å². The van der Waals surface area contributed by atoms with Crippen LogP contribution in [0.15, 0.2) is 54.7 Å². The molecule has 3 aromatic rings. The molecule has 0 spiro atoms. The third kappa shape index (κ3) is 1.57. The van der Waals surface area contributed by atoms with E-state index in [1.807, 2.05) is 6.20 Å². The van der Waals surface area contributed by atoms with Gasteiger partial charge < -0.3 is 0 Å². The molecule has 1 nitrogen and oxygen atoms in total. The summed E-state index contributed by atoms with van der Waals surface area (Å²) in [7, 11) is 0. The van der Waals surface area contributed by atoms with Crippen molar-refractivity contribution in [3.05, 3.63) is 75.7 Å². The van der Waals surface area contributed by atoms with E-state index in [0.29, 0.717) is 5.92 Å². The van der Waals surface area contributed by atoms with Crippen LogP contribution in [0.2, 0.25) is 0 Å². The number of fused-ring (bicyclic) bond motifs is 3. The summed E-state index contributed by atoms with van der Waals surface area (Å²) in [5.41, 5.74) is 5.49. The van der Waals surface area contributed by atoms with Gasteiger partial charge in [-0.3, -0.25) is 0 Å². The van der Waals surface area contributed by atoms with Crippen LogP contribution in [0, 0.1) is 6.92 Å². The smallest absolute Gasteiger partial charge is 0.105 e. The molecule has 1 aromatic heterocycles. The molecule has 0 unspecified atom stereocenters.